The predicted molar refractivity (Wildman–Crippen MR) is 118 cm³/mol. The minimum absolute atomic E-state index is 0.00732. The predicted octanol–water partition coefficient (Wildman–Crippen LogP) is 4.05. The first-order valence-electron chi connectivity index (χ1n) is 9.63. The van der Waals surface area contributed by atoms with Crippen LogP contribution in [0.5, 0.6) is 5.88 Å². The summed E-state index contributed by atoms with van der Waals surface area (Å²) in [5.41, 5.74) is 11.2. The summed E-state index contributed by atoms with van der Waals surface area (Å²) in [6.45, 7) is 0.0960. The number of primary amides is 1. The van der Waals surface area contributed by atoms with Crippen LogP contribution in [0.2, 0.25) is 0 Å². The number of fused-ring (bicyclic) bond motifs is 2. The Balaban J connectivity index is 1.81. The van der Waals surface area contributed by atoms with E-state index in [1.165, 1.54) is 0 Å². The van der Waals surface area contributed by atoms with E-state index in [0.717, 1.165) is 38.5 Å². The summed E-state index contributed by atoms with van der Waals surface area (Å²) in [6, 6.07) is 18.3. The monoisotopic (exact) mass is 396 g/mol. The topological polar surface area (TPSA) is 86.1 Å². The van der Waals surface area contributed by atoms with Gasteiger partial charge >= 0.3 is 0 Å². The first-order valence-corrected chi connectivity index (χ1v) is 9.63. The number of hydrogen-bond acceptors (Lipinski definition) is 3. The maximum absolute atomic E-state index is 11.7. The molecule has 6 heteroatoms. The summed E-state index contributed by atoms with van der Waals surface area (Å²) < 4.78 is 3.74. The Morgan fingerprint density at radius 3 is 2.53 bits per heavy atom. The summed E-state index contributed by atoms with van der Waals surface area (Å²) in [5, 5.41) is 12.2. The first-order chi connectivity index (χ1) is 14.5. The molecule has 3 N–H and O–H groups in total. The second-order valence-electron chi connectivity index (χ2n) is 7.42. The molecule has 0 bridgehead atoms. The number of rotatable bonds is 4. The molecule has 6 nitrogen and oxygen atoms in total. The van der Waals surface area contributed by atoms with Crippen LogP contribution in [0.4, 0.5) is 0 Å². The molecule has 5 rings (SSSR count). The molecule has 3 aromatic heterocycles. The lowest BCUT2D eigenvalue weighted by Gasteiger charge is -2.05. The summed E-state index contributed by atoms with van der Waals surface area (Å²) in [4.78, 5) is 15.7. The van der Waals surface area contributed by atoms with Crippen LogP contribution in [-0.4, -0.2) is 25.1 Å². The minimum atomic E-state index is -0.398. The number of nitrogens with two attached hydrogens (primary N) is 1. The Morgan fingerprint density at radius 2 is 1.77 bits per heavy atom. The molecule has 2 aromatic carbocycles. The largest absolute Gasteiger partial charge is 0.492 e. The van der Waals surface area contributed by atoms with Gasteiger partial charge in [-0.15, -0.1) is 0 Å². The molecule has 0 aliphatic heterocycles. The molecule has 5 aromatic rings. The second kappa shape index (κ2) is 6.77. The molecule has 0 atom stereocenters. The van der Waals surface area contributed by atoms with Gasteiger partial charge in [0.2, 0.25) is 11.8 Å². The van der Waals surface area contributed by atoms with Gasteiger partial charge in [0.05, 0.1) is 0 Å². The fourth-order valence-corrected chi connectivity index (χ4v) is 4.17. The van der Waals surface area contributed by atoms with Crippen LogP contribution < -0.4 is 5.73 Å². The van der Waals surface area contributed by atoms with Gasteiger partial charge in [-0.3, -0.25) is 4.79 Å². The van der Waals surface area contributed by atoms with E-state index in [1.54, 1.807) is 6.20 Å². The van der Waals surface area contributed by atoms with E-state index in [4.69, 9.17) is 5.73 Å². The quantitative estimate of drug-likeness (QED) is 0.480. The molecule has 30 heavy (non-hydrogen) atoms. The van der Waals surface area contributed by atoms with Crippen molar-refractivity contribution in [3.05, 3.63) is 73.2 Å². The van der Waals surface area contributed by atoms with Gasteiger partial charge in [0.1, 0.15) is 12.1 Å². The fourth-order valence-electron chi connectivity index (χ4n) is 4.17. The van der Waals surface area contributed by atoms with E-state index >= 15 is 0 Å². The lowest BCUT2D eigenvalue weighted by atomic mass is 10.00. The third kappa shape index (κ3) is 2.81. The van der Waals surface area contributed by atoms with Gasteiger partial charge in [0, 0.05) is 53.1 Å². The number of hydrogen-bond donors (Lipinski definition) is 2. The highest BCUT2D eigenvalue weighted by atomic mass is 16.3. The molecule has 0 fully saturated rings. The molecule has 0 aliphatic rings. The van der Waals surface area contributed by atoms with Crippen LogP contribution in [0, 0.1) is 0 Å². The molecular formula is C24H20N4O2. The number of carbonyl (C=O) groups excluding carboxylic acids is 1. The SMILES string of the molecule is Cn1cc(-c2cn(CC(N)=O)c3ccc(-c4ccccc4)cc23)c2ccnc(O)c21. The maximum atomic E-state index is 11.7. The first kappa shape index (κ1) is 18.0. The molecule has 0 saturated carbocycles. The zero-order chi connectivity index (χ0) is 20.8. The van der Waals surface area contributed by atoms with Gasteiger partial charge in [0.25, 0.3) is 0 Å². The van der Waals surface area contributed by atoms with E-state index in [9.17, 15) is 9.90 Å². The zero-order valence-corrected chi connectivity index (χ0v) is 16.4. The van der Waals surface area contributed by atoms with Crippen LogP contribution in [-0.2, 0) is 18.4 Å². The van der Waals surface area contributed by atoms with Gasteiger partial charge < -0.3 is 20.0 Å². The van der Waals surface area contributed by atoms with E-state index in [2.05, 4.69) is 29.2 Å². The number of nitrogens with zero attached hydrogens (tertiary/aromatic N) is 3. The Morgan fingerprint density at radius 1 is 1.00 bits per heavy atom. The van der Waals surface area contributed by atoms with E-state index in [0.29, 0.717) is 5.52 Å². The molecule has 3 heterocycles. The van der Waals surface area contributed by atoms with Crippen molar-refractivity contribution in [2.45, 2.75) is 6.54 Å². The molecule has 1 amide bonds. The number of amides is 1. The van der Waals surface area contributed by atoms with Crippen molar-refractivity contribution in [2.75, 3.05) is 0 Å². The van der Waals surface area contributed by atoms with Crippen LogP contribution in [0.3, 0.4) is 0 Å². The summed E-state index contributed by atoms with van der Waals surface area (Å²) >= 11 is 0. The number of benzene rings is 2. The number of aryl methyl sites for hydroxylation is 1. The molecule has 0 saturated heterocycles. The van der Waals surface area contributed by atoms with Crippen molar-refractivity contribution >= 4 is 27.7 Å². The molecule has 0 spiro atoms. The Bertz CT molecular complexity index is 1410. The van der Waals surface area contributed by atoms with Crippen molar-refractivity contribution in [1.82, 2.24) is 14.1 Å². The van der Waals surface area contributed by atoms with Crippen molar-refractivity contribution in [2.24, 2.45) is 12.8 Å². The Kier molecular flexibility index (Phi) is 4.06. The van der Waals surface area contributed by atoms with Crippen LogP contribution in [0.1, 0.15) is 0 Å². The number of aromatic nitrogens is 3. The standard InChI is InChI=1S/C24H20N4O2/c1-27-12-19(17-9-10-26-24(30)23(17)27)20-13-28(14-22(25)29)21-8-7-16(11-18(20)21)15-5-3-2-4-6-15/h2-13H,14H2,1H3,(H2,25,29)(H,26,30). The average Bonchev–Trinajstić information content (AvgIpc) is 3.26. The van der Waals surface area contributed by atoms with Crippen LogP contribution >= 0.6 is 0 Å². The summed E-state index contributed by atoms with van der Waals surface area (Å²) in [6.07, 6.45) is 5.53. The van der Waals surface area contributed by atoms with Crippen molar-refractivity contribution in [3.8, 4) is 28.1 Å². The highest BCUT2D eigenvalue weighted by molar-refractivity contribution is 6.07. The minimum Gasteiger partial charge on any atom is -0.492 e. The van der Waals surface area contributed by atoms with Crippen molar-refractivity contribution < 1.29 is 9.90 Å². The van der Waals surface area contributed by atoms with Crippen molar-refractivity contribution in [3.63, 3.8) is 0 Å². The number of aromatic hydroxyl groups is 1. The highest BCUT2D eigenvalue weighted by Crippen LogP contribution is 2.39. The maximum Gasteiger partial charge on any atom is 0.237 e. The van der Waals surface area contributed by atoms with E-state index in [-0.39, 0.29) is 12.4 Å². The highest BCUT2D eigenvalue weighted by Gasteiger charge is 2.18. The molecular weight excluding hydrogens is 376 g/mol. The van der Waals surface area contributed by atoms with Gasteiger partial charge in [-0.1, -0.05) is 36.4 Å². The van der Waals surface area contributed by atoms with Gasteiger partial charge in [-0.25, -0.2) is 4.98 Å². The number of carbonyl (C=O) groups is 1. The molecule has 0 aliphatic carbocycles. The smallest absolute Gasteiger partial charge is 0.237 e. The molecule has 148 valence electrons. The zero-order valence-electron chi connectivity index (χ0n) is 16.4. The fraction of sp³-hybridized carbons (Fsp3) is 0.0833. The number of pyridine rings is 1. The molecule has 0 radical (unpaired) electrons. The van der Waals surface area contributed by atoms with Gasteiger partial charge in [-0.05, 0) is 29.3 Å². The van der Waals surface area contributed by atoms with Crippen LogP contribution in [0.25, 0.3) is 44.1 Å². The lowest BCUT2D eigenvalue weighted by Crippen LogP contribution is -2.17. The van der Waals surface area contributed by atoms with Gasteiger partial charge in [0.15, 0.2) is 0 Å². The average molecular weight is 396 g/mol. The van der Waals surface area contributed by atoms with E-state index < -0.39 is 5.91 Å². The normalized spacial score (nSPS) is 11.4. The summed E-state index contributed by atoms with van der Waals surface area (Å²) in [7, 11) is 1.88. The van der Waals surface area contributed by atoms with Gasteiger partial charge in [-0.2, -0.15) is 0 Å². The van der Waals surface area contributed by atoms with E-state index in [1.807, 2.05) is 58.9 Å². The third-order valence-corrected chi connectivity index (χ3v) is 5.48. The van der Waals surface area contributed by atoms with Crippen molar-refractivity contribution in [1.29, 1.82) is 0 Å². The molecule has 0 unspecified atom stereocenters. The Labute approximate surface area is 172 Å². The second-order valence-corrected chi connectivity index (χ2v) is 7.42. The third-order valence-electron chi connectivity index (χ3n) is 5.48. The van der Waals surface area contributed by atoms with Crippen LogP contribution in [0.15, 0.2) is 73.2 Å². The summed E-state index contributed by atoms with van der Waals surface area (Å²) in [5.74, 6) is -0.405. The Hall–Kier alpha value is -4.06. The lowest BCUT2D eigenvalue weighted by molar-refractivity contribution is -0.118.